The molecule has 0 saturated heterocycles. The fourth-order valence-corrected chi connectivity index (χ4v) is 4.32. The number of nitrogens with zero attached hydrogens (tertiary/aromatic N) is 4. The number of benzene rings is 1. The summed E-state index contributed by atoms with van der Waals surface area (Å²) < 4.78 is 23.3. The summed E-state index contributed by atoms with van der Waals surface area (Å²) in [5.41, 5.74) is -1.33. The Morgan fingerprint density at radius 1 is 1.34 bits per heavy atom. The highest BCUT2D eigenvalue weighted by atomic mass is 35.5. The molecule has 2 atom stereocenters. The van der Waals surface area contributed by atoms with Crippen LogP contribution in [0.4, 0.5) is 4.39 Å². The molecular weight excluding hydrogens is 475 g/mol. The Balaban J connectivity index is 1.54. The molecule has 2 unspecified atom stereocenters. The zero-order valence-corrected chi connectivity index (χ0v) is 20.4. The van der Waals surface area contributed by atoms with Gasteiger partial charge in [0.05, 0.1) is 40.7 Å². The molecule has 2 N–H and O–H groups in total. The van der Waals surface area contributed by atoms with Crippen LogP contribution < -0.4 is 0 Å². The van der Waals surface area contributed by atoms with Crippen LogP contribution in [0, 0.1) is 12.7 Å². The molecule has 5 rings (SSSR count). The van der Waals surface area contributed by atoms with Crippen molar-refractivity contribution in [2.45, 2.75) is 50.7 Å². The van der Waals surface area contributed by atoms with Crippen LogP contribution in [0.3, 0.4) is 0 Å². The number of hydrogen-bond acceptors (Lipinski definition) is 6. The Morgan fingerprint density at radius 2 is 2.09 bits per heavy atom. The van der Waals surface area contributed by atoms with Crippen LogP contribution in [-0.4, -0.2) is 47.8 Å². The molecule has 3 heterocycles. The summed E-state index contributed by atoms with van der Waals surface area (Å²) in [5.74, 6) is -0.456. The maximum absolute atomic E-state index is 15.6. The molecule has 1 aliphatic heterocycles. The quantitative estimate of drug-likeness (QED) is 0.516. The lowest BCUT2D eigenvalue weighted by molar-refractivity contribution is -0.0814. The van der Waals surface area contributed by atoms with E-state index in [9.17, 15) is 15.0 Å². The largest absolute Gasteiger partial charge is 0.387 e. The first-order valence-electron chi connectivity index (χ1n) is 11.3. The van der Waals surface area contributed by atoms with E-state index in [2.05, 4.69) is 9.97 Å². The molecule has 1 fully saturated rings. The van der Waals surface area contributed by atoms with Crippen molar-refractivity contribution >= 4 is 17.5 Å². The summed E-state index contributed by atoms with van der Waals surface area (Å²) in [6.45, 7) is 3.34. The highest BCUT2D eigenvalue weighted by Gasteiger charge is 2.46. The SMILES string of the molecule is Cc1nc(C(C)(O)c2cc(F)c3c(c2)C(=O)N(Cc2ccc(Cl)cn2)C3OCC2(O)CC2)cn1C. The molecule has 2 aromatic heterocycles. The second kappa shape index (κ2) is 8.37. The van der Waals surface area contributed by atoms with Crippen LogP contribution in [0.2, 0.25) is 5.02 Å². The van der Waals surface area contributed by atoms with Gasteiger partial charge in [-0.15, -0.1) is 0 Å². The smallest absolute Gasteiger partial charge is 0.257 e. The van der Waals surface area contributed by atoms with E-state index in [0.717, 1.165) is 0 Å². The van der Waals surface area contributed by atoms with Crippen molar-refractivity contribution in [2.75, 3.05) is 6.61 Å². The Labute approximate surface area is 206 Å². The first kappa shape index (κ1) is 23.9. The van der Waals surface area contributed by atoms with Gasteiger partial charge >= 0.3 is 0 Å². The number of carbonyl (C=O) groups is 1. The molecule has 0 spiro atoms. The summed E-state index contributed by atoms with van der Waals surface area (Å²) in [7, 11) is 1.80. The third-order valence-electron chi connectivity index (χ3n) is 6.78. The van der Waals surface area contributed by atoms with Gasteiger partial charge in [0.1, 0.15) is 17.2 Å². The average Bonchev–Trinajstić information content (AvgIpc) is 3.36. The van der Waals surface area contributed by atoms with Gasteiger partial charge in [-0.1, -0.05) is 11.6 Å². The number of ether oxygens (including phenoxy) is 1. The van der Waals surface area contributed by atoms with E-state index in [0.29, 0.717) is 35.1 Å². The van der Waals surface area contributed by atoms with Crippen molar-refractivity contribution in [1.82, 2.24) is 19.4 Å². The van der Waals surface area contributed by atoms with E-state index in [1.54, 1.807) is 36.9 Å². The second-order valence-corrected chi connectivity index (χ2v) is 10.0. The summed E-state index contributed by atoms with van der Waals surface area (Å²) >= 11 is 5.93. The molecule has 10 heteroatoms. The fourth-order valence-electron chi connectivity index (χ4n) is 4.21. The fraction of sp³-hybridized carbons (Fsp3) is 0.400. The van der Waals surface area contributed by atoms with E-state index in [-0.39, 0.29) is 29.8 Å². The van der Waals surface area contributed by atoms with E-state index in [4.69, 9.17) is 16.3 Å². The first-order valence-corrected chi connectivity index (χ1v) is 11.7. The van der Waals surface area contributed by atoms with E-state index >= 15 is 4.39 Å². The lowest BCUT2D eigenvalue weighted by Gasteiger charge is -2.26. The summed E-state index contributed by atoms with van der Waals surface area (Å²) in [6, 6.07) is 6.04. The number of aliphatic hydroxyl groups is 2. The first-order chi connectivity index (χ1) is 16.5. The van der Waals surface area contributed by atoms with Crippen molar-refractivity contribution in [3.05, 3.63) is 81.4 Å². The van der Waals surface area contributed by atoms with Crippen LogP contribution in [0.15, 0.2) is 36.7 Å². The Kier molecular flexibility index (Phi) is 5.71. The highest BCUT2D eigenvalue weighted by Crippen LogP contribution is 2.43. The van der Waals surface area contributed by atoms with Crippen LogP contribution >= 0.6 is 11.6 Å². The summed E-state index contributed by atoms with van der Waals surface area (Å²) in [5, 5.41) is 22.0. The van der Waals surface area contributed by atoms with E-state index in [1.165, 1.54) is 30.2 Å². The maximum atomic E-state index is 15.6. The molecule has 1 aromatic carbocycles. The normalized spacial score (nSPS) is 20.1. The summed E-state index contributed by atoms with van der Waals surface area (Å²) in [4.78, 5) is 23.5. The van der Waals surface area contributed by atoms with Crippen molar-refractivity contribution < 1.29 is 24.1 Å². The number of carbonyl (C=O) groups excluding carboxylic acids is 1. The lowest BCUT2D eigenvalue weighted by Crippen LogP contribution is -2.31. The van der Waals surface area contributed by atoms with Gasteiger partial charge in [-0.05, 0) is 56.5 Å². The van der Waals surface area contributed by atoms with Gasteiger partial charge in [0.15, 0.2) is 6.23 Å². The van der Waals surface area contributed by atoms with Gasteiger partial charge < -0.3 is 24.4 Å². The number of amides is 1. The van der Waals surface area contributed by atoms with Crippen molar-refractivity contribution in [1.29, 1.82) is 0 Å². The third-order valence-corrected chi connectivity index (χ3v) is 7.00. The zero-order chi connectivity index (χ0) is 25.1. The molecule has 3 aromatic rings. The van der Waals surface area contributed by atoms with Crippen LogP contribution in [0.25, 0.3) is 0 Å². The Hall–Kier alpha value is -2.85. The number of pyridine rings is 1. The highest BCUT2D eigenvalue weighted by molar-refractivity contribution is 6.30. The van der Waals surface area contributed by atoms with E-state index in [1.807, 2.05) is 0 Å². The number of rotatable bonds is 7. The van der Waals surface area contributed by atoms with Crippen LogP contribution in [-0.2, 0) is 23.9 Å². The molecule has 35 heavy (non-hydrogen) atoms. The predicted molar refractivity (Wildman–Crippen MR) is 125 cm³/mol. The van der Waals surface area contributed by atoms with Gasteiger partial charge in [-0.3, -0.25) is 9.78 Å². The van der Waals surface area contributed by atoms with Gasteiger partial charge in [0.2, 0.25) is 0 Å². The number of fused-ring (bicyclic) bond motifs is 1. The number of imidazole rings is 1. The van der Waals surface area contributed by atoms with E-state index < -0.39 is 29.2 Å². The molecule has 8 nitrogen and oxygen atoms in total. The minimum atomic E-state index is -1.63. The van der Waals surface area contributed by atoms with Crippen molar-refractivity contribution in [2.24, 2.45) is 7.05 Å². The molecule has 1 amide bonds. The molecule has 2 aliphatic rings. The summed E-state index contributed by atoms with van der Waals surface area (Å²) in [6.07, 6.45) is 3.28. The van der Waals surface area contributed by atoms with Gasteiger partial charge in [-0.25, -0.2) is 9.37 Å². The molecule has 0 radical (unpaired) electrons. The van der Waals surface area contributed by atoms with Crippen LogP contribution in [0.5, 0.6) is 0 Å². The van der Waals surface area contributed by atoms with Crippen LogP contribution in [0.1, 0.15) is 64.7 Å². The van der Waals surface area contributed by atoms with Gasteiger partial charge in [0.25, 0.3) is 5.91 Å². The number of hydrogen-bond donors (Lipinski definition) is 2. The van der Waals surface area contributed by atoms with Gasteiger partial charge in [-0.2, -0.15) is 0 Å². The molecule has 1 aliphatic carbocycles. The number of aryl methyl sites for hydroxylation is 2. The maximum Gasteiger partial charge on any atom is 0.257 e. The number of halogens is 2. The standard InChI is InChI=1S/C25H26ClFN4O4/c1-14-29-20(12-30(14)3)24(2,33)15-8-18-21(19(27)9-15)23(35-13-25(34)6-7-25)31(22(18)32)11-17-5-4-16(26)10-28-17/h4-5,8-10,12,23,33-34H,6-7,11,13H2,1-3H3. The molecular formula is C25H26ClFN4O4. The topological polar surface area (TPSA) is 101 Å². The molecule has 0 bridgehead atoms. The van der Waals surface area contributed by atoms with Crippen molar-refractivity contribution in [3.8, 4) is 0 Å². The monoisotopic (exact) mass is 500 g/mol. The minimum Gasteiger partial charge on any atom is -0.387 e. The Bertz CT molecular complexity index is 1280. The number of aromatic nitrogens is 3. The molecule has 184 valence electrons. The van der Waals surface area contributed by atoms with Crippen molar-refractivity contribution in [3.63, 3.8) is 0 Å². The second-order valence-electron chi connectivity index (χ2n) is 9.56. The Morgan fingerprint density at radius 3 is 2.69 bits per heavy atom. The minimum absolute atomic E-state index is 0.0267. The lowest BCUT2D eigenvalue weighted by atomic mass is 9.90. The zero-order valence-electron chi connectivity index (χ0n) is 19.6. The molecule has 1 saturated carbocycles. The van der Waals surface area contributed by atoms with Gasteiger partial charge in [0, 0.05) is 25.0 Å². The third kappa shape index (κ3) is 4.33. The average molecular weight is 501 g/mol. The predicted octanol–water partition coefficient (Wildman–Crippen LogP) is 3.37.